The first kappa shape index (κ1) is 20.0. The van der Waals surface area contributed by atoms with E-state index in [4.69, 9.17) is 5.73 Å². The molecule has 1 aliphatic rings. The molecule has 1 aromatic heterocycles. The summed E-state index contributed by atoms with van der Waals surface area (Å²) in [5.74, 6) is 0.266. The zero-order chi connectivity index (χ0) is 21.1. The van der Waals surface area contributed by atoms with Crippen LogP contribution in [0, 0.1) is 13.8 Å². The van der Waals surface area contributed by atoms with E-state index in [1.54, 1.807) is 0 Å². The normalized spacial score (nSPS) is 13.3. The third-order valence-electron chi connectivity index (χ3n) is 5.57. The van der Waals surface area contributed by atoms with Crippen LogP contribution in [0.15, 0.2) is 48.5 Å². The van der Waals surface area contributed by atoms with Gasteiger partial charge in [0.25, 0.3) is 0 Å². The SMILES string of the molecule is Cc1nc(N)nc(C)c1CCC(=O)Nc1ccc2c(c1)CN(Cc1ccccc1)C2. The first-order valence-electron chi connectivity index (χ1n) is 10.3. The van der Waals surface area contributed by atoms with Gasteiger partial charge < -0.3 is 11.1 Å². The summed E-state index contributed by atoms with van der Waals surface area (Å²) in [6.45, 7) is 6.57. The molecule has 0 bridgehead atoms. The van der Waals surface area contributed by atoms with Gasteiger partial charge in [-0.25, -0.2) is 9.97 Å². The van der Waals surface area contributed by atoms with Crippen LogP contribution in [0.2, 0.25) is 0 Å². The van der Waals surface area contributed by atoms with Gasteiger partial charge in [-0.3, -0.25) is 9.69 Å². The zero-order valence-electron chi connectivity index (χ0n) is 17.5. The number of anilines is 2. The summed E-state index contributed by atoms with van der Waals surface area (Å²) in [4.78, 5) is 23.3. The van der Waals surface area contributed by atoms with E-state index in [9.17, 15) is 4.79 Å². The van der Waals surface area contributed by atoms with Crippen LogP contribution < -0.4 is 11.1 Å². The quantitative estimate of drug-likeness (QED) is 0.657. The van der Waals surface area contributed by atoms with Crippen molar-refractivity contribution in [1.82, 2.24) is 14.9 Å². The van der Waals surface area contributed by atoms with Gasteiger partial charge in [0, 0.05) is 43.1 Å². The second-order valence-electron chi connectivity index (χ2n) is 7.89. The topological polar surface area (TPSA) is 84.1 Å². The van der Waals surface area contributed by atoms with Gasteiger partial charge in [0.05, 0.1) is 0 Å². The molecule has 4 rings (SSSR count). The highest BCUT2D eigenvalue weighted by Gasteiger charge is 2.19. The van der Waals surface area contributed by atoms with Gasteiger partial charge >= 0.3 is 0 Å². The Hall–Kier alpha value is -3.25. The van der Waals surface area contributed by atoms with E-state index in [-0.39, 0.29) is 11.9 Å². The van der Waals surface area contributed by atoms with Gasteiger partial charge in [-0.15, -0.1) is 0 Å². The summed E-state index contributed by atoms with van der Waals surface area (Å²) in [5.41, 5.74) is 13.1. The molecule has 0 spiro atoms. The molecule has 0 saturated heterocycles. The van der Waals surface area contributed by atoms with Crippen LogP contribution in [0.1, 0.15) is 40.1 Å². The van der Waals surface area contributed by atoms with Gasteiger partial charge in [-0.1, -0.05) is 36.4 Å². The summed E-state index contributed by atoms with van der Waals surface area (Å²) in [6, 6.07) is 16.7. The third-order valence-corrected chi connectivity index (χ3v) is 5.57. The molecule has 0 unspecified atom stereocenters. The number of amides is 1. The molecular weight excluding hydrogens is 374 g/mol. The average Bonchev–Trinajstić information content (AvgIpc) is 3.09. The van der Waals surface area contributed by atoms with E-state index in [2.05, 4.69) is 56.6 Å². The highest BCUT2D eigenvalue weighted by atomic mass is 16.1. The van der Waals surface area contributed by atoms with Crippen molar-refractivity contribution >= 4 is 17.5 Å². The third kappa shape index (κ3) is 4.66. The van der Waals surface area contributed by atoms with Crippen molar-refractivity contribution in [3.8, 4) is 0 Å². The van der Waals surface area contributed by atoms with Crippen molar-refractivity contribution < 1.29 is 4.79 Å². The van der Waals surface area contributed by atoms with Gasteiger partial charge in [0.1, 0.15) is 0 Å². The van der Waals surface area contributed by atoms with Gasteiger partial charge in [-0.2, -0.15) is 0 Å². The van der Waals surface area contributed by atoms with Crippen molar-refractivity contribution in [2.24, 2.45) is 0 Å². The van der Waals surface area contributed by atoms with Gasteiger partial charge in [0.15, 0.2) is 0 Å². The van der Waals surface area contributed by atoms with E-state index in [1.807, 2.05) is 26.0 Å². The highest BCUT2D eigenvalue weighted by Crippen LogP contribution is 2.27. The monoisotopic (exact) mass is 401 g/mol. The van der Waals surface area contributed by atoms with E-state index in [0.29, 0.717) is 12.8 Å². The molecule has 1 amide bonds. The summed E-state index contributed by atoms with van der Waals surface area (Å²) in [6.07, 6.45) is 0.978. The number of aromatic nitrogens is 2. The summed E-state index contributed by atoms with van der Waals surface area (Å²) < 4.78 is 0. The summed E-state index contributed by atoms with van der Waals surface area (Å²) in [5, 5.41) is 3.03. The van der Waals surface area contributed by atoms with Crippen LogP contribution in [-0.4, -0.2) is 20.8 Å². The Labute approximate surface area is 177 Å². The maximum Gasteiger partial charge on any atom is 0.224 e. The molecule has 1 aliphatic heterocycles. The van der Waals surface area contributed by atoms with Crippen molar-refractivity contribution in [3.63, 3.8) is 0 Å². The maximum atomic E-state index is 12.5. The van der Waals surface area contributed by atoms with Crippen molar-refractivity contribution in [2.45, 2.75) is 46.3 Å². The van der Waals surface area contributed by atoms with Crippen LogP contribution in [0.3, 0.4) is 0 Å². The Balaban J connectivity index is 1.34. The molecule has 0 saturated carbocycles. The second-order valence-corrected chi connectivity index (χ2v) is 7.89. The molecule has 0 aliphatic carbocycles. The lowest BCUT2D eigenvalue weighted by Crippen LogP contribution is -2.15. The lowest BCUT2D eigenvalue weighted by molar-refractivity contribution is -0.116. The van der Waals surface area contributed by atoms with E-state index in [1.165, 1.54) is 16.7 Å². The molecule has 6 heteroatoms. The number of rotatable bonds is 6. The van der Waals surface area contributed by atoms with Gasteiger partial charge in [0.2, 0.25) is 11.9 Å². The minimum absolute atomic E-state index is 0.00952. The van der Waals surface area contributed by atoms with Crippen LogP contribution >= 0.6 is 0 Å². The van der Waals surface area contributed by atoms with Crippen LogP contribution in [0.25, 0.3) is 0 Å². The minimum Gasteiger partial charge on any atom is -0.368 e. The molecule has 2 heterocycles. The Morgan fingerprint density at radius 2 is 1.73 bits per heavy atom. The summed E-state index contributed by atoms with van der Waals surface area (Å²) >= 11 is 0. The molecule has 30 heavy (non-hydrogen) atoms. The molecule has 0 radical (unpaired) electrons. The summed E-state index contributed by atoms with van der Waals surface area (Å²) in [7, 11) is 0. The van der Waals surface area contributed by atoms with E-state index >= 15 is 0 Å². The van der Waals surface area contributed by atoms with Crippen molar-refractivity contribution in [3.05, 3.63) is 82.2 Å². The predicted octanol–water partition coefficient (Wildman–Crippen LogP) is 3.76. The highest BCUT2D eigenvalue weighted by molar-refractivity contribution is 5.91. The fourth-order valence-electron chi connectivity index (χ4n) is 4.09. The number of aryl methyl sites for hydroxylation is 2. The van der Waals surface area contributed by atoms with Crippen molar-refractivity contribution in [1.29, 1.82) is 0 Å². The molecule has 3 aromatic rings. The number of hydrogen-bond acceptors (Lipinski definition) is 5. The molecule has 0 fully saturated rings. The van der Waals surface area contributed by atoms with E-state index < -0.39 is 0 Å². The lowest BCUT2D eigenvalue weighted by atomic mass is 10.1. The molecule has 3 N–H and O–H groups in total. The van der Waals surface area contributed by atoms with E-state index in [0.717, 1.165) is 42.3 Å². The Morgan fingerprint density at radius 3 is 2.47 bits per heavy atom. The Kier molecular flexibility index (Phi) is 5.77. The molecule has 154 valence electrons. The lowest BCUT2D eigenvalue weighted by Gasteiger charge is -2.14. The Morgan fingerprint density at radius 1 is 1.03 bits per heavy atom. The largest absolute Gasteiger partial charge is 0.368 e. The molecule has 0 atom stereocenters. The predicted molar refractivity (Wildman–Crippen MR) is 119 cm³/mol. The van der Waals surface area contributed by atoms with Crippen LogP contribution in [-0.2, 0) is 30.8 Å². The molecule has 2 aromatic carbocycles. The molecular formula is C24H27N5O. The first-order chi connectivity index (χ1) is 14.5. The minimum atomic E-state index is -0.00952. The Bertz CT molecular complexity index is 1040. The molecule has 6 nitrogen and oxygen atoms in total. The number of nitrogens with two attached hydrogens (primary N) is 1. The van der Waals surface area contributed by atoms with Crippen LogP contribution in [0.5, 0.6) is 0 Å². The number of fused-ring (bicyclic) bond motifs is 1. The number of carbonyl (C=O) groups excluding carboxylic acids is 1. The van der Waals surface area contributed by atoms with Gasteiger partial charge in [-0.05, 0) is 54.7 Å². The average molecular weight is 402 g/mol. The fraction of sp³-hybridized carbons (Fsp3) is 0.292. The standard InChI is InChI=1S/C24H27N5O/c1-16-22(17(2)27-24(25)26-16)10-11-23(30)28-21-9-8-19-14-29(15-20(19)12-21)13-18-6-4-3-5-7-18/h3-9,12H,10-11,13-15H2,1-2H3,(H,28,30)(H2,25,26,27). The van der Waals surface area contributed by atoms with Crippen LogP contribution in [0.4, 0.5) is 11.6 Å². The first-order valence-corrected chi connectivity index (χ1v) is 10.3. The number of nitrogens with zero attached hydrogens (tertiary/aromatic N) is 3. The number of hydrogen-bond donors (Lipinski definition) is 2. The number of benzene rings is 2. The smallest absolute Gasteiger partial charge is 0.224 e. The maximum absolute atomic E-state index is 12.5. The number of carbonyl (C=O) groups is 1. The second kappa shape index (κ2) is 8.63. The van der Waals surface area contributed by atoms with Crippen molar-refractivity contribution in [2.75, 3.05) is 11.1 Å². The zero-order valence-corrected chi connectivity index (χ0v) is 17.5. The number of nitrogen functional groups attached to an aromatic ring is 1. The number of nitrogens with one attached hydrogen (secondary N) is 1. The fourth-order valence-corrected chi connectivity index (χ4v) is 4.09.